The fourth-order valence-corrected chi connectivity index (χ4v) is 4.46. The van der Waals surface area contributed by atoms with E-state index in [1.807, 2.05) is 0 Å². The predicted molar refractivity (Wildman–Crippen MR) is 80.2 cm³/mol. The highest BCUT2D eigenvalue weighted by atomic mass is 16.5. The molecule has 2 fully saturated rings. The van der Waals surface area contributed by atoms with Crippen LogP contribution in [-0.2, 0) is 4.74 Å². The second-order valence-electron chi connectivity index (χ2n) is 8.09. The van der Waals surface area contributed by atoms with E-state index in [9.17, 15) is 0 Å². The zero-order chi connectivity index (χ0) is 14.1. The molecule has 2 rings (SSSR count). The third-order valence-electron chi connectivity index (χ3n) is 4.99. The topological polar surface area (TPSA) is 47.3 Å². The van der Waals surface area contributed by atoms with Gasteiger partial charge in [-0.1, -0.05) is 20.8 Å². The molecule has 1 aliphatic carbocycles. The van der Waals surface area contributed by atoms with Gasteiger partial charge in [-0.3, -0.25) is 0 Å². The van der Waals surface area contributed by atoms with Gasteiger partial charge < -0.3 is 15.8 Å². The first-order chi connectivity index (χ1) is 8.78. The van der Waals surface area contributed by atoms with E-state index in [1.54, 1.807) is 0 Å². The Morgan fingerprint density at radius 1 is 1.26 bits per heavy atom. The smallest absolute Gasteiger partial charge is 0.0779 e. The zero-order valence-electron chi connectivity index (χ0n) is 13.2. The zero-order valence-corrected chi connectivity index (χ0v) is 13.2. The van der Waals surface area contributed by atoms with Crippen LogP contribution in [0, 0.1) is 11.3 Å². The summed E-state index contributed by atoms with van der Waals surface area (Å²) in [7, 11) is 0. The molecule has 3 N–H and O–H groups in total. The van der Waals surface area contributed by atoms with Gasteiger partial charge in [0.25, 0.3) is 0 Å². The molecule has 0 radical (unpaired) electrons. The minimum atomic E-state index is 0.0208. The molecule has 19 heavy (non-hydrogen) atoms. The second-order valence-corrected chi connectivity index (χ2v) is 8.09. The summed E-state index contributed by atoms with van der Waals surface area (Å²) in [5.41, 5.74) is 6.66. The summed E-state index contributed by atoms with van der Waals surface area (Å²) in [5, 5.41) is 3.80. The van der Waals surface area contributed by atoms with Crippen LogP contribution in [0.5, 0.6) is 0 Å². The van der Waals surface area contributed by atoms with Gasteiger partial charge in [-0.05, 0) is 50.4 Å². The number of ether oxygens (including phenoxy) is 1. The Balaban J connectivity index is 2.01. The van der Waals surface area contributed by atoms with Gasteiger partial charge in [-0.15, -0.1) is 0 Å². The summed E-state index contributed by atoms with van der Waals surface area (Å²) in [6.07, 6.45) is 6.04. The Bertz CT molecular complexity index is 310. The summed E-state index contributed by atoms with van der Waals surface area (Å²) < 4.78 is 5.90. The van der Waals surface area contributed by atoms with E-state index in [-0.39, 0.29) is 11.1 Å². The maximum Gasteiger partial charge on any atom is 0.0779 e. The van der Waals surface area contributed by atoms with Crippen molar-refractivity contribution in [3.63, 3.8) is 0 Å². The molecule has 3 nitrogen and oxygen atoms in total. The molecule has 0 aromatic heterocycles. The quantitative estimate of drug-likeness (QED) is 0.824. The average molecular weight is 268 g/mol. The van der Waals surface area contributed by atoms with E-state index in [1.165, 1.54) is 32.1 Å². The third-order valence-corrected chi connectivity index (χ3v) is 4.99. The maximum absolute atomic E-state index is 6.15. The minimum Gasteiger partial charge on any atom is -0.374 e. The normalized spacial score (nSPS) is 42.5. The molecule has 0 aromatic rings. The minimum absolute atomic E-state index is 0.0208. The molecule has 0 aromatic carbocycles. The first kappa shape index (κ1) is 15.3. The van der Waals surface area contributed by atoms with Crippen molar-refractivity contribution < 1.29 is 4.74 Å². The summed E-state index contributed by atoms with van der Waals surface area (Å²) >= 11 is 0. The summed E-state index contributed by atoms with van der Waals surface area (Å²) in [5.74, 6) is 0.747. The maximum atomic E-state index is 6.15. The lowest BCUT2D eigenvalue weighted by atomic mass is 9.64. The molecule has 1 saturated carbocycles. The Hall–Kier alpha value is -0.120. The van der Waals surface area contributed by atoms with Gasteiger partial charge in [0.2, 0.25) is 0 Å². The molecule has 1 saturated heterocycles. The molecule has 112 valence electrons. The number of hydrogen-bond donors (Lipinski definition) is 2. The van der Waals surface area contributed by atoms with Crippen molar-refractivity contribution in [3.05, 3.63) is 0 Å². The van der Waals surface area contributed by atoms with Gasteiger partial charge in [0.15, 0.2) is 0 Å². The van der Waals surface area contributed by atoms with Crippen LogP contribution < -0.4 is 11.1 Å². The summed E-state index contributed by atoms with van der Waals surface area (Å²) in [6, 6.07) is 0. The van der Waals surface area contributed by atoms with Crippen LogP contribution in [0.3, 0.4) is 0 Å². The van der Waals surface area contributed by atoms with E-state index in [0.717, 1.165) is 25.6 Å². The van der Waals surface area contributed by atoms with Crippen molar-refractivity contribution in [2.45, 2.75) is 70.9 Å². The number of nitrogens with two attached hydrogens (primary N) is 1. The molecule has 0 bridgehead atoms. The van der Waals surface area contributed by atoms with Crippen LogP contribution in [0.1, 0.15) is 59.8 Å². The van der Waals surface area contributed by atoms with E-state index >= 15 is 0 Å². The standard InChI is InChI=1S/C16H32N2O/c1-13-8-14(2,3)10-16(9-13,11-17)18-12-15(4)6-5-7-19-15/h13,18H,5-12,17H2,1-4H3. The lowest BCUT2D eigenvalue weighted by Gasteiger charge is -2.48. The highest BCUT2D eigenvalue weighted by Crippen LogP contribution is 2.43. The molecular weight excluding hydrogens is 236 g/mol. The molecule has 3 atom stereocenters. The van der Waals surface area contributed by atoms with Crippen LogP contribution in [0.2, 0.25) is 0 Å². The largest absolute Gasteiger partial charge is 0.374 e. The molecule has 3 heteroatoms. The first-order valence-corrected chi connectivity index (χ1v) is 7.87. The van der Waals surface area contributed by atoms with Crippen LogP contribution >= 0.6 is 0 Å². The van der Waals surface area contributed by atoms with Crippen molar-refractivity contribution in [3.8, 4) is 0 Å². The molecule has 3 unspecified atom stereocenters. The molecule has 0 spiro atoms. The van der Waals surface area contributed by atoms with Crippen molar-refractivity contribution in [1.29, 1.82) is 0 Å². The SMILES string of the molecule is CC1CC(C)(C)CC(CN)(NCC2(C)CCCO2)C1. The summed E-state index contributed by atoms with van der Waals surface area (Å²) in [4.78, 5) is 0. The average Bonchev–Trinajstić information content (AvgIpc) is 2.72. The van der Waals surface area contributed by atoms with Gasteiger partial charge in [0, 0.05) is 25.2 Å². The highest BCUT2D eigenvalue weighted by Gasteiger charge is 2.43. The Labute approximate surface area is 118 Å². The van der Waals surface area contributed by atoms with E-state index in [0.29, 0.717) is 5.41 Å². The number of rotatable bonds is 4. The van der Waals surface area contributed by atoms with Crippen LogP contribution in [-0.4, -0.2) is 30.8 Å². The van der Waals surface area contributed by atoms with Gasteiger partial charge in [-0.2, -0.15) is 0 Å². The Morgan fingerprint density at radius 2 is 2.00 bits per heavy atom. The molecule has 1 aliphatic heterocycles. The molecule has 2 aliphatic rings. The fourth-order valence-electron chi connectivity index (χ4n) is 4.46. The van der Waals surface area contributed by atoms with Crippen molar-refractivity contribution in [2.75, 3.05) is 19.7 Å². The van der Waals surface area contributed by atoms with Crippen LogP contribution in [0.15, 0.2) is 0 Å². The van der Waals surface area contributed by atoms with E-state index in [4.69, 9.17) is 10.5 Å². The van der Waals surface area contributed by atoms with Crippen molar-refractivity contribution >= 4 is 0 Å². The lowest BCUT2D eigenvalue weighted by molar-refractivity contribution is 0.00261. The monoisotopic (exact) mass is 268 g/mol. The van der Waals surface area contributed by atoms with Crippen molar-refractivity contribution in [1.82, 2.24) is 5.32 Å². The predicted octanol–water partition coefficient (Wildman–Crippen LogP) is 2.69. The number of hydrogen-bond acceptors (Lipinski definition) is 3. The molecule has 1 heterocycles. The first-order valence-electron chi connectivity index (χ1n) is 7.87. The van der Waals surface area contributed by atoms with Gasteiger partial charge in [0.05, 0.1) is 5.60 Å². The highest BCUT2D eigenvalue weighted by molar-refractivity contribution is 5.01. The Morgan fingerprint density at radius 3 is 2.53 bits per heavy atom. The van der Waals surface area contributed by atoms with Gasteiger partial charge in [0.1, 0.15) is 0 Å². The van der Waals surface area contributed by atoms with Gasteiger partial charge >= 0.3 is 0 Å². The lowest BCUT2D eigenvalue weighted by Crippen LogP contribution is -2.59. The van der Waals surface area contributed by atoms with E-state index in [2.05, 4.69) is 33.0 Å². The number of nitrogens with one attached hydrogen (secondary N) is 1. The third kappa shape index (κ3) is 3.71. The van der Waals surface area contributed by atoms with Gasteiger partial charge in [-0.25, -0.2) is 0 Å². The molecular formula is C16H32N2O. The summed E-state index contributed by atoms with van der Waals surface area (Å²) in [6.45, 7) is 11.9. The second kappa shape index (κ2) is 5.34. The van der Waals surface area contributed by atoms with E-state index < -0.39 is 0 Å². The molecule has 0 amide bonds. The van der Waals surface area contributed by atoms with Crippen LogP contribution in [0.25, 0.3) is 0 Å². The Kier molecular flexibility index (Phi) is 4.29. The van der Waals surface area contributed by atoms with Crippen LogP contribution in [0.4, 0.5) is 0 Å². The van der Waals surface area contributed by atoms with Crippen molar-refractivity contribution in [2.24, 2.45) is 17.1 Å². The fraction of sp³-hybridized carbons (Fsp3) is 1.00.